The SMILES string of the molecule is O=C(NCc1cccc(C(F)(F)F)c1Cl)OC1(F)COc2ncccc21. The third-order valence-electron chi connectivity index (χ3n) is 3.63. The van der Waals surface area contributed by atoms with Crippen LogP contribution >= 0.6 is 11.6 Å². The Balaban J connectivity index is 1.68. The fraction of sp³-hybridized carbons (Fsp3) is 0.250. The minimum atomic E-state index is -4.63. The number of fused-ring (bicyclic) bond motifs is 1. The van der Waals surface area contributed by atoms with E-state index in [4.69, 9.17) is 21.1 Å². The summed E-state index contributed by atoms with van der Waals surface area (Å²) >= 11 is 5.73. The van der Waals surface area contributed by atoms with E-state index in [9.17, 15) is 22.4 Å². The largest absolute Gasteiger partial charge is 0.470 e. The summed E-state index contributed by atoms with van der Waals surface area (Å²) in [6.07, 6.45) is -4.42. The highest BCUT2D eigenvalue weighted by Gasteiger charge is 2.46. The van der Waals surface area contributed by atoms with Gasteiger partial charge in [0.2, 0.25) is 5.88 Å². The van der Waals surface area contributed by atoms with Crippen LogP contribution in [0.15, 0.2) is 36.5 Å². The van der Waals surface area contributed by atoms with Crippen molar-refractivity contribution in [2.24, 2.45) is 0 Å². The highest BCUT2D eigenvalue weighted by atomic mass is 35.5. The molecular weight excluding hydrogens is 380 g/mol. The van der Waals surface area contributed by atoms with Gasteiger partial charge in [-0.1, -0.05) is 23.7 Å². The van der Waals surface area contributed by atoms with Gasteiger partial charge in [0.05, 0.1) is 16.1 Å². The zero-order valence-corrected chi connectivity index (χ0v) is 13.7. The third kappa shape index (κ3) is 3.52. The van der Waals surface area contributed by atoms with Crippen molar-refractivity contribution < 1.29 is 31.8 Å². The van der Waals surface area contributed by atoms with Crippen molar-refractivity contribution in [2.75, 3.05) is 6.61 Å². The molecule has 138 valence electrons. The molecule has 5 nitrogen and oxygen atoms in total. The second kappa shape index (κ2) is 6.64. The minimum absolute atomic E-state index is 0.00345. The molecule has 0 aliphatic carbocycles. The Bertz CT molecular complexity index is 846. The lowest BCUT2D eigenvalue weighted by molar-refractivity contribution is -0.137. The first-order valence-electron chi connectivity index (χ1n) is 7.29. The quantitative estimate of drug-likeness (QED) is 0.798. The van der Waals surface area contributed by atoms with Crippen molar-refractivity contribution in [1.82, 2.24) is 10.3 Å². The Morgan fingerprint density at radius 3 is 2.85 bits per heavy atom. The van der Waals surface area contributed by atoms with Gasteiger partial charge in [0.25, 0.3) is 0 Å². The zero-order valence-electron chi connectivity index (χ0n) is 12.9. The molecule has 1 atom stereocenters. The number of benzene rings is 1. The first-order chi connectivity index (χ1) is 12.2. The van der Waals surface area contributed by atoms with E-state index < -0.39 is 35.3 Å². The second-order valence-corrected chi connectivity index (χ2v) is 5.77. The van der Waals surface area contributed by atoms with Gasteiger partial charge in [-0.2, -0.15) is 17.6 Å². The summed E-state index contributed by atoms with van der Waals surface area (Å²) in [7, 11) is 0. The zero-order chi connectivity index (χ0) is 18.9. The van der Waals surface area contributed by atoms with Gasteiger partial charge in [0.1, 0.15) is 0 Å². The number of carbonyl (C=O) groups excluding carboxylic acids is 1. The molecule has 10 heteroatoms. The van der Waals surface area contributed by atoms with Crippen LogP contribution in [0.25, 0.3) is 0 Å². The van der Waals surface area contributed by atoms with Crippen LogP contribution in [0, 0.1) is 0 Å². The molecule has 0 radical (unpaired) electrons. The fourth-order valence-corrected chi connectivity index (χ4v) is 2.70. The Morgan fingerprint density at radius 1 is 1.35 bits per heavy atom. The van der Waals surface area contributed by atoms with E-state index in [2.05, 4.69) is 10.3 Å². The molecule has 0 fully saturated rings. The Hall–Kier alpha value is -2.55. The molecule has 1 N–H and O–H groups in total. The summed E-state index contributed by atoms with van der Waals surface area (Å²) in [6.45, 7) is -0.949. The predicted octanol–water partition coefficient (Wildman–Crippen LogP) is 4.19. The molecule has 2 aromatic rings. The monoisotopic (exact) mass is 390 g/mol. The molecule has 0 bridgehead atoms. The molecule has 1 unspecified atom stereocenters. The van der Waals surface area contributed by atoms with Crippen molar-refractivity contribution in [3.8, 4) is 5.88 Å². The van der Waals surface area contributed by atoms with Gasteiger partial charge in [-0.25, -0.2) is 9.78 Å². The van der Waals surface area contributed by atoms with Crippen molar-refractivity contribution in [1.29, 1.82) is 0 Å². The number of ether oxygens (including phenoxy) is 2. The molecule has 3 rings (SSSR count). The number of alkyl carbamates (subject to hydrolysis) is 1. The van der Waals surface area contributed by atoms with E-state index in [1.807, 2.05) is 0 Å². The van der Waals surface area contributed by atoms with E-state index in [1.165, 1.54) is 24.4 Å². The summed E-state index contributed by atoms with van der Waals surface area (Å²) < 4.78 is 63.0. The highest BCUT2D eigenvalue weighted by molar-refractivity contribution is 6.32. The van der Waals surface area contributed by atoms with E-state index in [-0.39, 0.29) is 23.6 Å². The fourth-order valence-electron chi connectivity index (χ4n) is 2.40. The number of hydrogen-bond acceptors (Lipinski definition) is 4. The average Bonchev–Trinajstić information content (AvgIpc) is 2.90. The Labute approximate surface area is 149 Å². The number of pyridine rings is 1. The van der Waals surface area contributed by atoms with Crippen LogP contribution < -0.4 is 10.1 Å². The van der Waals surface area contributed by atoms with E-state index in [0.717, 1.165) is 12.1 Å². The van der Waals surface area contributed by atoms with Crippen LogP contribution in [0.2, 0.25) is 5.02 Å². The topological polar surface area (TPSA) is 60.5 Å². The molecule has 1 aromatic heterocycles. The first-order valence-corrected chi connectivity index (χ1v) is 7.67. The van der Waals surface area contributed by atoms with Crippen LogP contribution in [0.5, 0.6) is 5.88 Å². The average molecular weight is 391 g/mol. The first kappa shape index (κ1) is 18.2. The number of halogens is 5. The number of carbonyl (C=O) groups is 1. The molecule has 0 spiro atoms. The third-order valence-corrected chi connectivity index (χ3v) is 4.08. The molecule has 0 saturated carbocycles. The van der Waals surface area contributed by atoms with Gasteiger partial charge in [-0.3, -0.25) is 0 Å². The smallest absolute Gasteiger partial charge is 0.417 e. The number of aromatic nitrogens is 1. The van der Waals surface area contributed by atoms with E-state index in [0.29, 0.717) is 0 Å². The standard InChI is InChI=1S/C16H11ClF4N2O3/c17-12-9(3-1-4-10(12)16(19,20)21)7-23-14(24)26-15(18)8-25-13-11(15)5-2-6-22-13/h1-6H,7-8H2,(H,23,24). The van der Waals surface area contributed by atoms with Crippen LogP contribution in [-0.2, 0) is 23.3 Å². The lowest BCUT2D eigenvalue weighted by Crippen LogP contribution is -2.35. The summed E-state index contributed by atoms with van der Waals surface area (Å²) in [4.78, 5) is 15.7. The van der Waals surface area contributed by atoms with Crippen LogP contribution in [0.3, 0.4) is 0 Å². The number of nitrogens with zero attached hydrogens (tertiary/aromatic N) is 1. The maximum absolute atomic E-state index is 14.8. The Kier molecular flexibility index (Phi) is 4.66. The van der Waals surface area contributed by atoms with Gasteiger partial charge < -0.3 is 14.8 Å². The second-order valence-electron chi connectivity index (χ2n) is 5.39. The molecular formula is C16H11ClF4N2O3. The highest BCUT2D eigenvalue weighted by Crippen LogP contribution is 2.39. The van der Waals surface area contributed by atoms with Gasteiger partial charge >= 0.3 is 18.1 Å². The summed E-state index contributed by atoms with van der Waals surface area (Å²) in [6, 6.07) is 6.08. The molecule has 1 aliphatic heterocycles. The van der Waals surface area contributed by atoms with Crippen LogP contribution in [0.4, 0.5) is 22.4 Å². The number of alkyl halides is 4. The van der Waals surface area contributed by atoms with Gasteiger partial charge in [0.15, 0.2) is 6.61 Å². The summed E-state index contributed by atoms with van der Waals surface area (Å²) in [5.41, 5.74) is -1.07. The molecule has 0 saturated heterocycles. The lowest BCUT2D eigenvalue weighted by Gasteiger charge is -2.19. The molecule has 26 heavy (non-hydrogen) atoms. The number of nitrogens with one attached hydrogen (secondary N) is 1. The van der Waals surface area contributed by atoms with Crippen molar-refractivity contribution >= 4 is 17.7 Å². The number of rotatable bonds is 3. The van der Waals surface area contributed by atoms with Gasteiger partial charge in [0, 0.05) is 12.7 Å². The van der Waals surface area contributed by atoms with Gasteiger partial charge in [-0.05, 0) is 23.8 Å². The van der Waals surface area contributed by atoms with E-state index >= 15 is 0 Å². The van der Waals surface area contributed by atoms with Crippen molar-refractivity contribution in [2.45, 2.75) is 18.6 Å². The molecule has 1 amide bonds. The number of amides is 1. The minimum Gasteiger partial charge on any atom is -0.470 e. The summed E-state index contributed by atoms with van der Waals surface area (Å²) in [5, 5.41) is 1.63. The lowest BCUT2D eigenvalue weighted by atomic mass is 10.1. The predicted molar refractivity (Wildman–Crippen MR) is 82.3 cm³/mol. The van der Waals surface area contributed by atoms with E-state index in [1.54, 1.807) is 0 Å². The van der Waals surface area contributed by atoms with Gasteiger partial charge in [-0.15, -0.1) is 0 Å². The molecule has 2 heterocycles. The van der Waals surface area contributed by atoms with Crippen LogP contribution in [-0.4, -0.2) is 17.7 Å². The summed E-state index contributed by atoms with van der Waals surface area (Å²) in [5.74, 6) is -2.53. The molecule has 1 aromatic carbocycles. The van der Waals surface area contributed by atoms with Crippen LogP contribution in [0.1, 0.15) is 16.7 Å². The van der Waals surface area contributed by atoms with Crippen molar-refractivity contribution in [3.63, 3.8) is 0 Å². The molecule has 1 aliphatic rings. The van der Waals surface area contributed by atoms with Crippen molar-refractivity contribution in [3.05, 3.63) is 58.2 Å². The number of hydrogen-bond donors (Lipinski definition) is 1. The Morgan fingerprint density at radius 2 is 2.12 bits per heavy atom. The maximum Gasteiger partial charge on any atom is 0.417 e. The normalized spacial score (nSPS) is 18.8. The maximum atomic E-state index is 14.8.